The van der Waals surface area contributed by atoms with Gasteiger partial charge in [-0.15, -0.1) is 0 Å². The fourth-order valence-corrected chi connectivity index (χ4v) is 2.32. The van der Waals surface area contributed by atoms with Gasteiger partial charge in [0.25, 0.3) is 0 Å². The standard InChI is InChI=1S/C18H19N5O/c1-13-11-20-23(12-13)10-8-17(24)22-16-5-3-15(4-6-16)18-19-9-7-14(2)21-18/h3-7,9,11-12H,8,10H2,1-2H3,(H,22,24). The monoisotopic (exact) mass is 321 g/mol. The first-order valence-corrected chi connectivity index (χ1v) is 7.79. The number of nitrogens with zero attached hydrogens (tertiary/aromatic N) is 4. The van der Waals surface area contributed by atoms with E-state index in [1.165, 1.54) is 0 Å². The van der Waals surface area contributed by atoms with Crippen LogP contribution >= 0.6 is 0 Å². The zero-order valence-electron chi connectivity index (χ0n) is 13.7. The molecule has 2 aromatic heterocycles. The molecule has 0 aliphatic rings. The van der Waals surface area contributed by atoms with Gasteiger partial charge >= 0.3 is 0 Å². The van der Waals surface area contributed by atoms with Crippen LogP contribution in [0, 0.1) is 13.8 Å². The Labute approximate surface area is 140 Å². The van der Waals surface area contributed by atoms with E-state index in [1.54, 1.807) is 17.1 Å². The van der Waals surface area contributed by atoms with Gasteiger partial charge in [0, 0.05) is 42.3 Å². The van der Waals surface area contributed by atoms with Crippen molar-refractivity contribution in [1.29, 1.82) is 0 Å². The van der Waals surface area contributed by atoms with Crippen LogP contribution in [0.2, 0.25) is 0 Å². The van der Waals surface area contributed by atoms with Crippen molar-refractivity contribution in [2.24, 2.45) is 0 Å². The molecule has 0 aliphatic carbocycles. The van der Waals surface area contributed by atoms with Gasteiger partial charge in [-0.3, -0.25) is 9.48 Å². The highest BCUT2D eigenvalue weighted by molar-refractivity contribution is 5.90. The number of aromatic nitrogens is 4. The van der Waals surface area contributed by atoms with Crippen molar-refractivity contribution in [1.82, 2.24) is 19.7 Å². The third-order valence-electron chi connectivity index (χ3n) is 3.55. The lowest BCUT2D eigenvalue weighted by Gasteiger charge is -2.07. The Morgan fingerprint density at radius 3 is 2.62 bits per heavy atom. The maximum Gasteiger partial charge on any atom is 0.226 e. The van der Waals surface area contributed by atoms with Gasteiger partial charge in [-0.25, -0.2) is 9.97 Å². The number of hydrogen-bond acceptors (Lipinski definition) is 4. The normalized spacial score (nSPS) is 10.6. The first-order valence-electron chi connectivity index (χ1n) is 7.79. The second-order valence-corrected chi connectivity index (χ2v) is 5.68. The predicted octanol–water partition coefficient (Wildman–Crippen LogP) is 2.99. The van der Waals surface area contributed by atoms with E-state index >= 15 is 0 Å². The van der Waals surface area contributed by atoms with E-state index in [9.17, 15) is 4.79 Å². The molecule has 0 saturated heterocycles. The van der Waals surface area contributed by atoms with Crippen LogP contribution in [-0.2, 0) is 11.3 Å². The lowest BCUT2D eigenvalue weighted by atomic mass is 10.2. The van der Waals surface area contributed by atoms with Crippen LogP contribution in [-0.4, -0.2) is 25.7 Å². The number of benzene rings is 1. The zero-order valence-corrected chi connectivity index (χ0v) is 13.7. The highest BCUT2D eigenvalue weighted by Gasteiger charge is 2.05. The van der Waals surface area contributed by atoms with Gasteiger partial charge in [0.2, 0.25) is 5.91 Å². The predicted molar refractivity (Wildman–Crippen MR) is 92.4 cm³/mol. The minimum atomic E-state index is -0.0392. The summed E-state index contributed by atoms with van der Waals surface area (Å²) in [5.74, 6) is 0.643. The Kier molecular flexibility index (Phi) is 4.65. The van der Waals surface area contributed by atoms with E-state index in [0.717, 1.165) is 22.5 Å². The van der Waals surface area contributed by atoms with E-state index in [1.807, 2.05) is 50.4 Å². The van der Waals surface area contributed by atoms with Crippen LogP contribution in [0.15, 0.2) is 48.9 Å². The van der Waals surface area contributed by atoms with Crippen LogP contribution < -0.4 is 5.32 Å². The topological polar surface area (TPSA) is 72.7 Å². The van der Waals surface area contributed by atoms with Gasteiger partial charge in [0.1, 0.15) is 0 Å². The average Bonchev–Trinajstić information content (AvgIpc) is 2.99. The number of nitrogens with one attached hydrogen (secondary N) is 1. The molecule has 3 aromatic rings. The third kappa shape index (κ3) is 4.04. The average molecular weight is 321 g/mol. The first kappa shape index (κ1) is 15.9. The van der Waals surface area contributed by atoms with Crippen molar-refractivity contribution in [3.8, 4) is 11.4 Å². The van der Waals surface area contributed by atoms with Crippen LogP contribution in [0.5, 0.6) is 0 Å². The molecule has 1 aromatic carbocycles. The van der Waals surface area contributed by atoms with Crippen molar-refractivity contribution >= 4 is 11.6 Å². The molecule has 1 amide bonds. The summed E-state index contributed by atoms with van der Waals surface area (Å²) in [5, 5.41) is 7.06. The zero-order chi connectivity index (χ0) is 16.9. The molecule has 0 saturated carbocycles. The summed E-state index contributed by atoms with van der Waals surface area (Å²) in [6, 6.07) is 9.38. The summed E-state index contributed by atoms with van der Waals surface area (Å²) in [6.07, 6.45) is 5.82. The number of aryl methyl sites for hydroxylation is 3. The molecule has 24 heavy (non-hydrogen) atoms. The van der Waals surface area contributed by atoms with Crippen molar-refractivity contribution < 1.29 is 4.79 Å². The molecule has 0 aliphatic heterocycles. The lowest BCUT2D eigenvalue weighted by Crippen LogP contribution is -2.14. The van der Waals surface area contributed by atoms with Gasteiger partial charge in [-0.1, -0.05) is 0 Å². The van der Waals surface area contributed by atoms with Crippen molar-refractivity contribution in [2.75, 3.05) is 5.32 Å². The van der Waals surface area contributed by atoms with E-state index in [-0.39, 0.29) is 5.91 Å². The maximum atomic E-state index is 12.0. The summed E-state index contributed by atoms with van der Waals surface area (Å²) in [6.45, 7) is 4.47. The number of hydrogen-bond donors (Lipinski definition) is 1. The molecule has 1 N–H and O–H groups in total. The number of anilines is 1. The second kappa shape index (κ2) is 7.04. The smallest absolute Gasteiger partial charge is 0.226 e. The summed E-state index contributed by atoms with van der Waals surface area (Å²) in [5.41, 5.74) is 3.69. The molecular formula is C18H19N5O. The molecular weight excluding hydrogens is 302 g/mol. The summed E-state index contributed by atoms with van der Waals surface area (Å²) >= 11 is 0. The Morgan fingerprint density at radius 1 is 1.17 bits per heavy atom. The fraction of sp³-hybridized carbons (Fsp3) is 0.222. The molecule has 0 unspecified atom stereocenters. The van der Waals surface area contributed by atoms with Crippen molar-refractivity contribution in [3.05, 3.63) is 60.2 Å². The highest BCUT2D eigenvalue weighted by Crippen LogP contribution is 2.18. The minimum Gasteiger partial charge on any atom is -0.326 e. The Morgan fingerprint density at radius 2 is 1.96 bits per heavy atom. The first-order chi connectivity index (χ1) is 11.6. The molecule has 0 atom stereocenters. The molecule has 0 radical (unpaired) electrons. The number of amides is 1. The highest BCUT2D eigenvalue weighted by atomic mass is 16.1. The SMILES string of the molecule is Cc1cnn(CCC(=O)Nc2ccc(-c3nccc(C)n3)cc2)c1. The van der Waals surface area contributed by atoms with Crippen LogP contribution in [0.1, 0.15) is 17.7 Å². The van der Waals surface area contributed by atoms with Gasteiger partial charge in [-0.05, 0) is 49.7 Å². The molecule has 0 bridgehead atoms. The van der Waals surface area contributed by atoms with Gasteiger partial charge in [0.15, 0.2) is 5.82 Å². The Hall–Kier alpha value is -3.02. The molecule has 6 nitrogen and oxygen atoms in total. The molecule has 122 valence electrons. The summed E-state index contributed by atoms with van der Waals surface area (Å²) < 4.78 is 1.77. The van der Waals surface area contributed by atoms with Crippen LogP contribution in [0.3, 0.4) is 0 Å². The summed E-state index contributed by atoms with van der Waals surface area (Å²) in [7, 11) is 0. The third-order valence-corrected chi connectivity index (χ3v) is 3.55. The second-order valence-electron chi connectivity index (χ2n) is 5.68. The lowest BCUT2D eigenvalue weighted by molar-refractivity contribution is -0.116. The Balaban J connectivity index is 1.58. The Bertz CT molecular complexity index is 839. The van der Waals surface area contributed by atoms with E-state index in [2.05, 4.69) is 20.4 Å². The van der Waals surface area contributed by atoms with Gasteiger partial charge < -0.3 is 5.32 Å². The molecule has 0 spiro atoms. The number of rotatable bonds is 5. The summed E-state index contributed by atoms with van der Waals surface area (Å²) in [4.78, 5) is 20.7. The van der Waals surface area contributed by atoms with E-state index in [0.29, 0.717) is 18.8 Å². The van der Waals surface area contributed by atoms with Gasteiger partial charge in [-0.2, -0.15) is 5.10 Å². The molecule has 6 heteroatoms. The fourth-order valence-electron chi connectivity index (χ4n) is 2.32. The number of carbonyl (C=O) groups is 1. The molecule has 2 heterocycles. The largest absolute Gasteiger partial charge is 0.326 e. The van der Waals surface area contributed by atoms with Crippen molar-refractivity contribution in [3.63, 3.8) is 0 Å². The van der Waals surface area contributed by atoms with Crippen molar-refractivity contribution in [2.45, 2.75) is 26.8 Å². The van der Waals surface area contributed by atoms with Crippen LogP contribution in [0.4, 0.5) is 5.69 Å². The number of carbonyl (C=O) groups excluding carboxylic acids is 1. The van der Waals surface area contributed by atoms with Gasteiger partial charge in [0.05, 0.1) is 6.20 Å². The molecule has 3 rings (SSSR count). The van der Waals surface area contributed by atoms with E-state index < -0.39 is 0 Å². The minimum absolute atomic E-state index is 0.0392. The van der Waals surface area contributed by atoms with Crippen LogP contribution in [0.25, 0.3) is 11.4 Å². The molecule has 0 fully saturated rings. The maximum absolute atomic E-state index is 12.0. The quantitative estimate of drug-likeness (QED) is 0.784. The van der Waals surface area contributed by atoms with E-state index in [4.69, 9.17) is 0 Å².